The van der Waals surface area contributed by atoms with Crippen LogP contribution in [0.5, 0.6) is 5.75 Å². The molecule has 0 saturated carbocycles. The van der Waals surface area contributed by atoms with Crippen molar-refractivity contribution in [3.05, 3.63) is 30.3 Å². The van der Waals surface area contributed by atoms with E-state index in [1.54, 1.807) is 24.3 Å². The number of para-hydroxylation sites is 1. The molecule has 0 saturated heterocycles. The number of hydrogen-bond donors (Lipinski definition) is 2. The summed E-state index contributed by atoms with van der Waals surface area (Å²) in [7, 11) is -2.28. The predicted octanol–water partition coefficient (Wildman–Crippen LogP) is 0.361. The van der Waals surface area contributed by atoms with E-state index in [0.717, 1.165) is 0 Å². The molecule has 3 nitrogen and oxygen atoms in total. The van der Waals surface area contributed by atoms with Gasteiger partial charge in [-0.25, -0.2) is 0 Å². The zero-order valence-corrected chi connectivity index (χ0v) is 6.03. The van der Waals surface area contributed by atoms with Crippen LogP contribution in [0.25, 0.3) is 0 Å². The van der Waals surface area contributed by atoms with Gasteiger partial charge < -0.3 is 14.3 Å². The van der Waals surface area contributed by atoms with Crippen LogP contribution in [0.2, 0.25) is 0 Å². The molecule has 0 fully saturated rings. The van der Waals surface area contributed by atoms with Gasteiger partial charge in [0, 0.05) is 0 Å². The van der Waals surface area contributed by atoms with Crippen LogP contribution in [-0.2, 0) is 0 Å². The standard InChI is InChI=1S/C6H7O3P.Mg.2H/c7-10(8)9-6-4-2-1-3-5-6;;;/h1-5,7-8H;;;. The maximum atomic E-state index is 8.40. The number of benzene rings is 1. The van der Waals surface area contributed by atoms with Gasteiger partial charge in [0.05, 0.1) is 0 Å². The fourth-order valence-electron chi connectivity index (χ4n) is 0.576. The van der Waals surface area contributed by atoms with Crippen LogP contribution in [0.1, 0.15) is 0 Å². The summed E-state index contributed by atoms with van der Waals surface area (Å²) in [6.45, 7) is 0. The van der Waals surface area contributed by atoms with Crippen LogP contribution in [-0.4, -0.2) is 32.8 Å². The van der Waals surface area contributed by atoms with Gasteiger partial charge in [-0.2, -0.15) is 0 Å². The topological polar surface area (TPSA) is 49.7 Å². The maximum absolute atomic E-state index is 8.40. The van der Waals surface area contributed by atoms with E-state index < -0.39 is 8.60 Å². The smallest absolute Gasteiger partial charge is 0.391 e. The second-order valence-electron chi connectivity index (χ2n) is 1.66. The van der Waals surface area contributed by atoms with Crippen molar-refractivity contribution in [1.82, 2.24) is 0 Å². The van der Waals surface area contributed by atoms with Gasteiger partial charge in [-0.05, 0) is 12.1 Å². The molecule has 0 aliphatic rings. The normalized spacial score (nSPS) is 9.00. The average Bonchev–Trinajstić information content (AvgIpc) is 1.88. The van der Waals surface area contributed by atoms with Crippen LogP contribution < -0.4 is 4.52 Å². The first-order chi connectivity index (χ1) is 4.79. The maximum Gasteiger partial charge on any atom is 0.391 e. The summed E-state index contributed by atoms with van der Waals surface area (Å²) in [5.41, 5.74) is 0. The van der Waals surface area contributed by atoms with E-state index >= 15 is 0 Å². The van der Waals surface area contributed by atoms with E-state index in [1.807, 2.05) is 6.07 Å². The van der Waals surface area contributed by atoms with Crippen molar-refractivity contribution in [3.8, 4) is 5.75 Å². The Morgan fingerprint density at radius 3 is 2.09 bits per heavy atom. The molecule has 2 N–H and O–H groups in total. The van der Waals surface area contributed by atoms with Crippen LogP contribution in [0.15, 0.2) is 30.3 Å². The Kier molecular flexibility index (Phi) is 5.82. The van der Waals surface area contributed by atoms with Gasteiger partial charge in [0.2, 0.25) is 0 Å². The molecule has 0 aromatic heterocycles. The molecule has 0 aliphatic carbocycles. The fourth-order valence-corrected chi connectivity index (χ4v) is 0.886. The summed E-state index contributed by atoms with van der Waals surface area (Å²) < 4.78 is 4.59. The minimum atomic E-state index is -2.28. The first-order valence-corrected chi connectivity index (χ1v) is 3.86. The molecule has 1 rings (SSSR count). The zero-order valence-electron chi connectivity index (χ0n) is 5.14. The van der Waals surface area contributed by atoms with Crippen molar-refractivity contribution in [2.45, 2.75) is 0 Å². The van der Waals surface area contributed by atoms with Gasteiger partial charge in [0.1, 0.15) is 5.75 Å². The van der Waals surface area contributed by atoms with Gasteiger partial charge >= 0.3 is 31.7 Å². The van der Waals surface area contributed by atoms with Gasteiger partial charge in [0.15, 0.2) is 0 Å². The molecule has 0 spiro atoms. The average molecular weight is 184 g/mol. The first kappa shape index (κ1) is 11.1. The summed E-state index contributed by atoms with van der Waals surface area (Å²) in [5, 5.41) is 0. The Morgan fingerprint density at radius 1 is 1.09 bits per heavy atom. The van der Waals surface area contributed by atoms with Gasteiger partial charge in [0.25, 0.3) is 0 Å². The summed E-state index contributed by atoms with van der Waals surface area (Å²) in [5.74, 6) is 0.471. The van der Waals surface area contributed by atoms with E-state index in [1.165, 1.54) is 0 Å². The van der Waals surface area contributed by atoms with Crippen molar-refractivity contribution >= 4 is 31.7 Å². The molecule has 1 aromatic carbocycles. The Hall–Kier alpha value is 0.136. The molecule has 0 amide bonds. The second kappa shape index (κ2) is 5.74. The van der Waals surface area contributed by atoms with Gasteiger partial charge in [-0.1, -0.05) is 18.2 Å². The van der Waals surface area contributed by atoms with Crippen LogP contribution in [0, 0.1) is 0 Å². The summed E-state index contributed by atoms with van der Waals surface area (Å²) in [6.07, 6.45) is 0. The monoisotopic (exact) mass is 184 g/mol. The Balaban J connectivity index is 0.000001000. The highest BCUT2D eigenvalue weighted by molar-refractivity contribution is 7.39. The van der Waals surface area contributed by atoms with Crippen LogP contribution >= 0.6 is 8.60 Å². The molecule has 0 radical (unpaired) electrons. The molecule has 0 aliphatic heterocycles. The lowest BCUT2D eigenvalue weighted by atomic mass is 10.3. The fraction of sp³-hybridized carbons (Fsp3) is 0. The highest BCUT2D eigenvalue weighted by Gasteiger charge is 1.99. The number of hydrogen-bond acceptors (Lipinski definition) is 3. The minimum Gasteiger partial charge on any atom is -0.427 e. The van der Waals surface area contributed by atoms with Crippen molar-refractivity contribution in [2.24, 2.45) is 0 Å². The van der Waals surface area contributed by atoms with Crippen molar-refractivity contribution in [2.75, 3.05) is 0 Å². The highest BCUT2D eigenvalue weighted by Crippen LogP contribution is 2.27. The van der Waals surface area contributed by atoms with Gasteiger partial charge in [-0.15, -0.1) is 0 Å². The Bertz CT molecular complexity index is 192. The molecule has 0 atom stereocenters. The first-order valence-electron chi connectivity index (χ1n) is 2.70. The summed E-state index contributed by atoms with van der Waals surface area (Å²) in [6, 6.07) is 8.65. The number of rotatable bonds is 2. The molecule has 0 unspecified atom stereocenters. The molecule has 0 heterocycles. The summed E-state index contributed by atoms with van der Waals surface area (Å²) in [4.78, 5) is 16.8. The highest BCUT2D eigenvalue weighted by atomic mass is 31.2. The molecule has 58 valence electrons. The SMILES string of the molecule is OP(O)Oc1ccccc1.[MgH2]. The summed E-state index contributed by atoms with van der Waals surface area (Å²) >= 11 is 0. The Morgan fingerprint density at radius 2 is 1.64 bits per heavy atom. The predicted molar refractivity (Wildman–Crippen MR) is 47.0 cm³/mol. The molecule has 0 bridgehead atoms. The van der Waals surface area contributed by atoms with E-state index in [9.17, 15) is 0 Å². The lowest BCUT2D eigenvalue weighted by Gasteiger charge is -2.02. The van der Waals surface area contributed by atoms with E-state index in [-0.39, 0.29) is 23.1 Å². The quantitative estimate of drug-likeness (QED) is 0.515. The van der Waals surface area contributed by atoms with Crippen molar-refractivity contribution in [1.29, 1.82) is 0 Å². The van der Waals surface area contributed by atoms with Crippen LogP contribution in [0.4, 0.5) is 0 Å². The lowest BCUT2D eigenvalue weighted by molar-refractivity contribution is 0.375. The lowest BCUT2D eigenvalue weighted by Crippen LogP contribution is -1.82. The van der Waals surface area contributed by atoms with E-state index in [4.69, 9.17) is 9.79 Å². The molecular formula is C6H9MgO3P. The van der Waals surface area contributed by atoms with Crippen molar-refractivity contribution in [3.63, 3.8) is 0 Å². The molecule has 1 aromatic rings. The second-order valence-corrected chi connectivity index (χ2v) is 2.35. The largest absolute Gasteiger partial charge is 0.427 e. The third kappa shape index (κ3) is 4.56. The third-order valence-electron chi connectivity index (χ3n) is 0.930. The van der Waals surface area contributed by atoms with E-state index in [2.05, 4.69) is 4.52 Å². The Labute approximate surface area is 82.2 Å². The molecule has 11 heavy (non-hydrogen) atoms. The minimum absolute atomic E-state index is 0. The third-order valence-corrected chi connectivity index (χ3v) is 1.30. The van der Waals surface area contributed by atoms with Crippen LogP contribution in [0.3, 0.4) is 0 Å². The molecular weight excluding hydrogens is 175 g/mol. The molecule has 5 heteroatoms. The van der Waals surface area contributed by atoms with Gasteiger partial charge in [-0.3, -0.25) is 0 Å². The van der Waals surface area contributed by atoms with Crippen molar-refractivity contribution < 1.29 is 14.3 Å². The zero-order chi connectivity index (χ0) is 7.40. The van der Waals surface area contributed by atoms with E-state index in [0.29, 0.717) is 5.75 Å².